The van der Waals surface area contributed by atoms with E-state index in [9.17, 15) is 18.4 Å². The van der Waals surface area contributed by atoms with Crippen molar-refractivity contribution >= 4 is 17.6 Å². The molecule has 96 valence electrons. The molecule has 1 saturated heterocycles. The van der Waals surface area contributed by atoms with Gasteiger partial charge in [0, 0.05) is 19.5 Å². The molecule has 5 nitrogen and oxygen atoms in total. The monoisotopic (exact) mass is 255 g/mol. The number of pyridine rings is 1. The Kier molecular flexibility index (Phi) is 3.22. The number of nitrogens with zero attached hydrogens (tertiary/aromatic N) is 2. The van der Waals surface area contributed by atoms with E-state index in [1.807, 2.05) is 0 Å². The first-order chi connectivity index (χ1) is 8.49. The van der Waals surface area contributed by atoms with Crippen LogP contribution in [0.1, 0.15) is 12.8 Å². The fourth-order valence-corrected chi connectivity index (χ4v) is 1.74. The number of imide groups is 1. The molecule has 1 atom stereocenters. The number of amides is 2. The molecule has 0 radical (unpaired) electrons. The Bertz CT molecular complexity index is 507. The Labute approximate surface area is 102 Å². The first-order valence-corrected chi connectivity index (χ1v) is 5.37. The number of likely N-dealkylation sites (N-methyl/N-ethyl adjacent to an activating group) is 1. The number of piperidine rings is 1. The van der Waals surface area contributed by atoms with E-state index in [0.717, 1.165) is 11.1 Å². The van der Waals surface area contributed by atoms with E-state index >= 15 is 0 Å². The van der Waals surface area contributed by atoms with Crippen LogP contribution in [0, 0.1) is 11.6 Å². The Morgan fingerprint density at radius 2 is 2.17 bits per heavy atom. The normalized spacial score (nSPS) is 20.2. The minimum absolute atomic E-state index is 0.197. The van der Waals surface area contributed by atoms with Gasteiger partial charge in [0.2, 0.25) is 5.91 Å². The van der Waals surface area contributed by atoms with Crippen LogP contribution in [-0.4, -0.2) is 34.8 Å². The Morgan fingerprint density at radius 3 is 2.83 bits per heavy atom. The Morgan fingerprint density at radius 1 is 1.44 bits per heavy atom. The highest BCUT2D eigenvalue weighted by atomic mass is 19.1. The van der Waals surface area contributed by atoms with E-state index in [0.29, 0.717) is 6.07 Å². The number of aromatic nitrogens is 1. The number of anilines is 1. The van der Waals surface area contributed by atoms with Crippen LogP contribution in [0.3, 0.4) is 0 Å². The minimum atomic E-state index is -0.873. The van der Waals surface area contributed by atoms with Crippen molar-refractivity contribution in [2.45, 2.75) is 18.9 Å². The van der Waals surface area contributed by atoms with Crippen LogP contribution < -0.4 is 5.32 Å². The van der Waals surface area contributed by atoms with E-state index in [2.05, 4.69) is 10.3 Å². The zero-order valence-corrected chi connectivity index (χ0v) is 9.61. The molecule has 1 aliphatic rings. The van der Waals surface area contributed by atoms with Crippen molar-refractivity contribution in [1.29, 1.82) is 0 Å². The highest BCUT2D eigenvalue weighted by molar-refractivity contribution is 6.01. The highest BCUT2D eigenvalue weighted by Gasteiger charge is 2.32. The topological polar surface area (TPSA) is 62.3 Å². The van der Waals surface area contributed by atoms with E-state index in [-0.39, 0.29) is 24.6 Å². The number of rotatable bonds is 2. The van der Waals surface area contributed by atoms with Crippen LogP contribution in [0.2, 0.25) is 0 Å². The van der Waals surface area contributed by atoms with E-state index in [1.165, 1.54) is 7.05 Å². The van der Waals surface area contributed by atoms with Crippen molar-refractivity contribution in [2.75, 3.05) is 12.4 Å². The molecule has 7 heteroatoms. The maximum Gasteiger partial charge on any atom is 0.251 e. The first kappa shape index (κ1) is 12.4. The summed E-state index contributed by atoms with van der Waals surface area (Å²) in [6, 6.07) is -0.0440. The second-order valence-corrected chi connectivity index (χ2v) is 4.01. The average molecular weight is 255 g/mol. The van der Waals surface area contributed by atoms with Gasteiger partial charge in [-0.3, -0.25) is 14.5 Å². The molecular weight excluding hydrogens is 244 g/mol. The second-order valence-electron chi connectivity index (χ2n) is 4.01. The SMILES string of the molecule is CN1C(=O)CCC(Nc2ncc(F)cc2F)C1=O. The number of likely N-dealkylation sites (tertiary alicyclic amines) is 1. The summed E-state index contributed by atoms with van der Waals surface area (Å²) >= 11 is 0. The molecule has 0 spiro atoms. The fourth-order valence-electron chi connectivity index (χ4n) is 1.74. The van der Waals surface area contributed by atoms with Gasteiger partial charge in [0.05, 0.1) is 6.20 Å². The molecule has 1 unspecified atom stereocenters. The third-order valence-electron chi connectivity index (χ3n) is 2.77. The van der Waals surface area contributed by atoms with Gasteiger partial charge < -0.3 is 5.32 Å². The zero-order valence-electron chi connectivity index (χ0n) is 9.61. The van der Waals surface area contributed by atoms with Crippen LogP contribution in [0.25, 0.3) is 0 Å². The van der Waals surface area contributed by atoms with Crippen LogP contribution in [-0.2, 0) is 9.59 Å². The van der Waals surface area contributed by atoms with E-state index in [4.69, 9.17) is 0 Å². The summed E-state index contributed by atoms with van der Waals surface area (Å²) in [5, 5.41) is 2.58. The summed E-state index contributed by atoms with van der Waals surface area (Å²) in [5.41, 5.74) is 0. The van der Waals surface area contributed by atoms with Crippen molar-refractivity contribution in [3.63, 3.8) is 0 Å². The summed E-state index contributed by atoms with van der Waals surface area (Å²) in [5.74, 6) is -2.58. The summed E-state index contributed by atoms with van der Waals surface area (Å²) in [6.07, 6.45) is 1.32. The predicted molar refractivity (Wildman–Crippen MR) is 58.6 cm³/mol. The van der Waals surface area contributed by atoms with E-state index in [1.54, 1.807) is 0 Å². The molecule has 1 aliphatic heterocycles. The summed E-state index contributed by atoms with van der Waals surface area (Å²) in [6.45, 7) is 0. The van der Waals surface area contributed by atoms with Crippen LogP contribution >= 0.6 is 0 Å². The lowest BCUT2D eigenvalue weighted by molar-refractivity contribution is -0.146. The number of nitrogens with one attached hydrogen (secondary N) is 1. The minimum Gasteiger partial charge on any atom is -0.356 e. The number of carbonyl (C=O) groups excluding carboxylic acids is 2. The van der Waals surface area contributed by atoms with Gasteiger partial charge in [-0.15, -0.1) is 0 Å². The molecule has 1 fully saturated rings. The molecule has 0 saturated carbocycles. The van der Waals surface area contributed by atoms with Gasteiger partial charge in [-0.25, -0.2) is 13.8 Å². The highest BCUT2D eigenvalue weighted by Crippen LogP contribution is 2.18. The Hall–Kier alpha value is -2.05. The van der Waals surface area contributed by atoms with E-state index < -0.39 is 23.6 Å². The molecule has 2 amide bonds. The largest absolute Gasteiger partial charge is 0.356 e. The van der Waals surface area contributed by atoms with Crippen molar-refractivity contribution in [3.05, 3.63) is 23.9 Å². The van der Waals surface area contributed by atoms with Crippen LogP contribution in [0.5, 0.6) is 0 Å². The van der Waals surface area contributed by atoms with Gasteiger partial charge in [-0.05, 0) is 6.42 Å². The molecule has 1 aromatic rings. The average Bonchev–Trinajstić information content (AvgIpc) is 2.33. The standard InChI is InChI=1S/C11H11F2N3O2/c1-16-9(17)3-2-8(11(16)18)15-10-7(13)4-6(12)5-14-10/h4-5,8H,2-3H2,1H3,(H,14,15). The summed E-state index contributed by atoms with van der Waals surface area (Å²) in [7, 11) is 1.37. The van der Waals surface area contributed by atoms with Crippen molar-refractivity contribution in [2.24, 2.45) is 0 Å². The van der Waals surface area contributed by atoms with Crippen molar-refractivity contribution < 1.29 is 18.4 Å². The van der Waals surface area contributed by atoms with Gasteiger partial charge in [0.15, 0.2) is 11.6 Å². The van der Waals surface area contributed by atoms with Gasteiger partial charge in [-0.1, -0.05) is 0 Å². The Balaban J connectivity index is 2.14. The third-order valence-corrected chi connectivity index (χ3v) is 2.77. The van der Waals surface area contributed by atoms with Crippen molar-refractivity contribution in [3.8, 4) is 0 Å². The van der Waals surface area contributed by atoms with Gasteiger partial charge in [-0.2, -0.15) is 0 Å². The van der Waals surface area contributed by atoms with Crippen molar-refractivity contribution in [1.82, 2.24) is 9.88 Å². The van der Waals surface area contributed by atoms with Gasteiger partial charge >= 0.3 is 0 Å². The molecule has 0 aromatic carbocycles. The number of halogens is 2. The van der Waals surface area contributed by atoms with Gasteiger partial charge in [0.25, 0.3) is 5.91 Å². The van der Waals surface area contributed by atoms with Crippen LogP contribution in [0.15, 0.2) is 12.3 Å². The maximum atomic E-state index is 13.3. The lowest BCUT2D eigenvalue weighted by Gasteiger charge is -2.28. The summed E-state index contributed by atoms with van der Waals surface area (Å²) < 4.78 is 26.0. The third kappa shape index (κ3) is 2.29. The lowest BCUT2D eigenvalue weighted by Crippen LogP contribution is -2.48. The number of carbonyl (C=O) groups is 2. The first-order valence-electron chi connectivity index (χ1n) is 5.37. The second kappa shape index (κ2) is 4.67. The molecule has 1 aromatic heterocycles. The molecule has 0 bridgehead atoms. The smallest absolute Gasteiger partial charge is 0.251 e. The zero-order chi connectivity index (χ0) is 13.3. The number of hydrogen-bond donors (Lipinski definition) is 1. The molecule has 2 heterocycles. The maximum absolute atomic E-state index is 13.3. The molecule has 2 rings (SSSR count). The lowest BCUT2D eigenvalue weighted by atomic mass is 10.0. The predicted octanol–water partition coefficient (Wildman–Crippen LogP) is 0.919. The quantitative estimate of drug-likeness (QED) is 0.798. The number of hydrogen-bond acceptors (Lipinski definition) is 4. The molecule has 0 aliphatic carbocycles. The summed E-state index contributed by atoms with van der Waals surface area (Å²) in [4.78, 5) is 27.5. The fraction of sp³-hybridized carbons (Fsp3) is 0.364. The molecular formula is C11H11F2N3O2. The molecule has 1 N–H and O–H groups in total. The molecule has 18 heavy (non-hydrogen) atoms. The van der Waals surface area contributed by atoms with Gasteiger partial charge in [0.1, 0.15) is 11.9 Å². The van der Waals surface area contributed by atoms with Crippen LogP contribution in [0.4, 0.5) is 14.6 Å².